The van der Waals surface area contributed by atoms with E-state index in [-0.39, 0.29) is 0 Å². The molecule has 0 aliphatic carbocycles. The third kappa shape index (κ3) is 5.15. The molecule has 0 aromatic carbocycles. The number of hydrogen-bond acceptors (Lipinski definition) is 1. The first-order valence-corrected chi connectivity index (χ1v) is 3.23. The summed E-state index contributed by atoms with van der Waals surface area (Å²) in [7, 11) is 0. The Morgan fingerprint density at radius 2 is 2.00 bits per heavy atom. The van der Waals surface area contributed by atoms with Gasteiger partial charge in [0.15, 0.2) is 0 Å². The number of hydrogen-bond donors (Lipinski definition) is 1. The molecule has 0 amide bonds. The Hall–Kier alpha value is -0.720. The van der Waals surface area contributed by atoms with E-state index in [4.69, 9.17) is 5.73 Å². The van der Waals surface area contributed by atoms with Crippen molar-refractivity contribution >= 4 is 0 Å². The highest BCUT2D eigenvalue weighted by molar-refractivity contribution is 5.14. The Labute approximate surface area is 57.3 Å². The van der Waals surface area contributed by atoms with Crippen LogP contribution in [0.2, 0.25) is 0 Å². The molecule has 0 rings (SSSR count). The van der Waals surface area contributed by atoms with Crippen molar-refractivity contribution in [2.24, 2.45) is 11.7 Å². The fraction of sp³-hybridized carbons (Fsp3) is 0.500. The van der Waals surface area contributed by atoms with Crippen LogP contribution in [0.3, 0.4) is 0 Å². The molecular formula is C8H15N. The third-order valence-corrected chi connectivity index (χ3v) is 1.01. The molecule has 0 aliphatic rings. The van der Waals surface area contributed by atoms with Gasteiger partial charge in [0.1, 0.15) is 0 Å². The minimum absolute atomic E-state index is 0.611. The van der Waals surface area contributed by atoms with Crippen molar-refractivity contribution in [1.82, 2.24) is 0 Å². The summed E-state index contributed by atoms with van der Waals surface area (Å²) in [5, 5.41) is 0. The zero-order valence-corrected chi connectivity index (χ0v) is 6.39. The second-order valence-corrected chi connectivity index (χ2v) is 2.51. The van der Waals surface area contributed by atoms with Crippen molar-refractivity contribution < 1.29 is 0 Å². The highest BCUT2D eigenvalue weighted by Crippen LogP contribution is 1.98. The molecule has 0 saturated heterocycles. The first kappa shape index (κ1) is 8.28. The molecule has 0 aromatic heterocycles. The molecular weight excluding hydrogens is 110 g/mol. The Morgan fingerprint density at radius 3 is 2.33 bits per heavy atom. The van der Waals surface area contributed by atoms with Gasteiger partial charge in [0.25, 0.3) is 0 Å². The van der Waals surface area contributed by atoms with Crippen molar-refractivity contribution in [1.29, 1.82) is 0 Å². The summed E-state index contributed by atoms with van der Waals surface area (Å²) in [4.78, 5) is 0. The quantitative estimate of drug-likeness (QED) is 0.562. The first-order valence-electron chi connectivity index (χ1n) is 3.23. The summed E-state index contributed by atoms with van der Waals surface area (Å²) in [5.74, 6) is 0.611. The minimum Gasteiger partial charge on any atom is -0.404 e. The largest absolute Gasteiger partial charge is 0.404 e. The Morgan fingerprint density at radius 1 is 1.44 bits per heavy atom. The molecule has 52 valence electrons. The molecule has 0 aliphatic heterocycles. The average molecular weight is 125 g/mol. The van der Waals surface area contributed by atoms with Gasteiger partial charge in [-0.2, -0.15) is 0 Å². The highest BCUT2D eigenvalue weighted by atomic mass is 14.5. The zero-order valence-electron chi connectivity index (χ0n) is 6.39. The molecule has 0 bridgehead atoms. The van der Waals surface area contributed by atoms with Gasteiger partial charge in [0.2, 0.25) is 0 Å². The number of allylic oxidation sites excluding steroid dienone is 3. The Bertz CT molecular complexity index is 121. The van der Waals surface area contributed by atoms with Crippen LogP contribution in [0.15, 0.2) is 23.9 Å². The van der Waals surface area contributed by atoms with Crippen LogP contribution in [0.5, 0.6) is 0 Å². The molecule has 0 saturated carbocycles. The van der Waals surface area contributed by atoms with Crippen LogP contribution in [-0.4, -0.2) is 0 Å². The molecule has 0 atom stereocenters. The normalized spacial score (nSPS) is 13.6. The Kier molecular flexibility index (Phi) is 3.85. The predicted molar refractivity (Wildman–Crippen MR) is 41.9 cm³/mol. The molecule has 0 unspecified atom stereocenters. The molecule has 2 N–H and O–H groups in total. The maximum absolute atomic E-state index is 5.24. The van der Waals surface area contributed by atoms with Crippen molar-refractivity contribution in [3.05, 3.63) is 23.9 Å². The van der Waals surface area contributed by atoms with E-state index in [9.17, 15) is 0 Å². The SMILES string of the molecule is CC(/C=C\C(C)C)=C/N. The molecule has 0 fully saturated rings. The van der Waals surface area contributed by atoms with Gasteiger partial charge in [-0.15, -0.1) is 0 Å². The summed E-state index contributed by atoms with van der Waals surface area (Å²) in [6.45, 7) is 6.26. The van der Waals surface area contributed by atoms with E-state index in [1.54, 1.807) is 6.20 Å². The molecule has 1 heteroatoms. The maximum atomic E-state index is 5.24. The average Bonchev–Trinajstić information content (AvgIpc) is 1.83. The third-order valence-electron chi connectivity index (χ3n) is 1.01. The molecule has 0 aromatic rings. The lowest BCUT2D eigenvalue weighted by Gasteiger charge is -1.92. The number of rotatable bonds is 2. The van der Waals surface area contributed by atoms with E-state index >= 15 is 0 Å². The fourth-order valence-electron chi connectivity index (χ4n) is 0.400. The van der Waals surface area contributed by atoms with Crippen molar-refractivity contribution in [2.75, 3.05) is 0 Å². The highest BCUT2D eigenvalue weighted by Gasteiger charge is 1.82. The van der Waals surface area contributed by atoms with Crippen LogP contribution in [0.25, 0.3) is 0 Å². The summed E-state index contributed by atoms with van der Waals surface area (Å²) in [6.07, 6.45) is 5.77. The van der Waals surface area contributed by atoms with Gasteiger partial charge in [-0.1, -0.05) is 26.0 Å². The van der Waals surface area contributed by atoms with Crippen LogP contribution in [0.1, 0.15) is 20.8 Å². The van der Waals surface area contributed by atoms with Crippen LogP contribution < -0.4 is 5.73 Å². The summed E-state index contributed by atoms with van der Waals surface area (Å²) < 4.78 is 0. The maximum Gasteiger partial charge on any atom is -0.00327 e. The monoisotopic (exact) mass is 125 g/mol. The van der Waals surface area contributed by atoms with E-state index in [1.807, 2.05) is 13.0 Å². The minimum atomic E-state index is 0.611. The summed E-state index contributed by atoms with van der Waals surface area (Å²) >= 11 is 0. The fourth-order valence-corrected chi connectivity index (χ4v) is 0.400. The second-order valence-electron chi connectivity index (χ2n) is 2.51. The van der Waals surface area contributed by atoms with Gasteiger partial charge in [-0.3, -0.25) is 0 Å². The van der Waals surface area contributed by atoms with E-state index in [2.05, 4.69) is 19.9 Å². The van der Waals surface area contributed by atoms with Crippen LogP contribution >= 0.6 is 0 Å². The zero-order chi connectivity index (χ0) is 7.28. The van der Waals surface area contributed by atoms with Crippen molar-refractivity contribution in [3.63, 3.8) is 0 Å². The van der Waals surface area contributed by atoms with Crippen LogP contribution in [0.4, 0.5) is 0 Å². The van der Waals surface area contributed by atoms with Gasteiger partial charge in [-0.25, -0.2) is 0 Å². The molecule has 0 spiro atoms. The van der Waals surface area contributed by atoms with Crippen molar-refractivity contribution in [3.8, 4) is 0 Å². The van der Waals surface area contributed by atoms with Crippen LogP contribution in [-0.2, 0) is 0 Å². The lowest BCUT2D eigenvalue weighted by molar-refractivity contribution is 0.830. The summed E-state index contributed by atoms with van der Waals surface area (Å²) in [6, 6.07) is 0. The van der Waals surface area contributed by atoms with E-state index < -0.39 is 0 Å². The molecule has 0 heterocycles. The van der Waals surface area contributed by atoms with Gasteiger partial charge >= 0.3 is 0 Å². The van der Waals surface area contributed by atoms with Gasteiger partial charge in [0.05, 0.1) is 0 Å². The predicted octanol–water partition coefficient (Wildman–Crippen LogP) is 2.06. The molecule has 1 nitrogen and oxygen atoms in total. The van der Waals surface area contributed by atoms with E-state index in [0.29, 0.717) is 5.92 Å². The van der Waals surface area contributed by atoms with Crippen LogP contribution in [0, 0.1) is 5.92 Å². The first-order chi connectivity index (χ1) is 4.16. The van der Waals surface area contributed by atoms with Gasteiger partial charge < -0.3 is 5.73 Å². The second kappa shape index (κ2) is 4.19. The smallest absolute Gasteiger partial charge is 0.00327 e. The number of nitrogens with two attached hydrogens (primary N) is 1. The van der Waals surface area contributed by atoms with E-state index in [0.717, 1.165) is 5.57 Å². The standard InChI is InChI=1S/C8H15N/c1-7(2)4-5-8(3)6-9/h4-7H,9H2,1-3H3/b5-4-,8-6-. The lowest BCUT2D eigenvalue weighted by Crippen LogP contribution is -1.82. The van der Waals surface area contributed by atoms with Gasteiger partial charge in [0, 0.05) is 0 Å². The summed E-state index contributed by atoms with van der Waals surface area (Å²) in [5.41, 5.74) is 6.36. The van der Waals surface area contributed by atoms with Gasteiger partial charge in [-0.05, 0) is 24.6 Å². The Balaban J connectivity index is 3.71. The molecule has 0 radical (unpaired) electrons. The topological polar surface area (TPSA) is 26.0 Å². The lowest BCUT2D eigenvalue weighted by atomic mass is 10.2. The van der Waals surface area contributed by atoms with Crippen molar-refractivity contribution in [2.45, 2.75) is 20.8 Å². The molecule has 9 heavy (non-hydrogen) atoms. The van der Waals surface area contributed by atoms with E-state index in [1.165, 1.54) is 0 Å².